The second kappa shape index (κ2) is 5.30. The molecule has 0 aliphatic heterocycles. The first kappa shape index (κ1) is 11.4. The van der Waals surface area contributed by atoms with Crippen molar-refractivity contribution in [2.45, 2.75) is 6.54 Å². The lowest BCUT2D eigenvalue weighted by atomic mass is 10.2. The van der Waals surface area contributed by atoms with Crippen molar-refractivity contribution in [2.24, 2.45) is 0 Å². The Bertz CT molecular complexity index is 485. The molecule has 0 aliphatic carbocycles. The Balaban J connectivity index is 2.05. The fourth-order valence-electron chi connectivity index (χ4n) is 1.44. The van der Waals surface area contributed by atoms with Crippen molar-refractivity contribution in [1.29, 1.82) is 0 Å². The van der Waals surface area contributed by atoms with Gasteiger partial charge in [-0.2, -0.15) is 0 Å². The molecule has 0 amide bonds. The first-order valence-corrected chi connectivity index (χ1v) is 6.06. The second-order valence-electron chi connectivity index (χ2n) is 3.46. The smallest absolute Gasteiger partial charge is 0.128 e. The summed E-state index contributed by atoms with van der Waals surface area (Å²) in [6, 6.07) is 14.8. The molecule has 0 bridgehead atoms. The zero-order valence-corrected chi connectivity index (χ0v) is 10.7. The van der Waals surface area contributed by atoms with Gasteiger partial charge in [-0.05, 0) is 46.9 Å². The Morgan fingerprint density at radius 1 is 1.06 bits per heavy atom. The molecule has 2 aromatic rings. The number of hydrogen-bond donors (Lipinski definition) is 1. The standard InChI is InChI=1S/C13H11FIN/c14-13-7-2-1-4-10(13)9-16-12-6-3-5-11(15)8-12/h1-8,16H,9H2. The average Bonchev–Trinajstić information content (AvgIpc) is 2.28. The minimum absolute atomic E-state index is 0.166. The van der Waals surface area contributed by atoms with Gasteiger partial charge in [-0.25, -0.2) is 4.39 Å². The van der Waals surface area contributed by atoms with Crippen LogP contribution in [0.2, 0.25) is 0 Å². The summed E-state index contributed by atoms with van der Waals surface area (Å²) in [5.41, 5.74) is 1.69. The summed E-state index contributed by atoms with van der Waals surface area (Å²) in [4.78, 5) is 0. The van der Waals surface area contributed by atoms with Gasteiger partial charge < -0.3 is 5.32 Å². The molecule has 16 heavy (non-hydrogen) atoms. The van der Waals surface area contributed by atoms with E-state index in [4.69, 9.17) is 0 Å². The highest BCUT2D eigenvalue weighted by Crippen LogP contribution is 2.14. The van der Waals surface area contributed by atoms with Gasteiger partial charge in [-0.15, -0.1) is 0 Å². The zero-order chi connectivity index (χ0) is 11.4. The largest absolute Gasteiger partial charge is 0.381 e. The van der Waals surface area contributed by atoms with Crippen LogP contribution in [0, 0.1) is 9.39 Å². The molecule has 0 aliphatic rings. The fourth-order valence-corrected chi connectivity index (χ4v) is 1.98. The molecule has 0 radical (unpaired) electrons. The van der Waals surface area contributed by atoms with E-state index in [0.29, 0.717) is 12.1 Å². The molecular weight excluding hydrogens is 316 g/mol. The zero-order valence-electron chi connectivity index (χ0n) is 8.58. The van der Waals surface area contributed by atoms with Crippen molar-refractivity contribution in [1.82, 2.24) is 0 Å². The number of rotatable bonds is 3. The van der Waals surface area contributed by atoms with Crippen molar-refractivity contribution < 1.29 is 4.39 Å². The van der Waals surface area contributed by atoms with Crippen LogP contribution in [0.3, 0.4) is 0 Å². The number of hydrogen-bond acceptors (Lipinski definition) is 1. The quantitative estimate of drug-likeness (QED) is 0.839. The van der Waals surface area contributed by atoms with E-state index < -0.39 is 0 Å². The molecule has 0 unspecified atom stereocenters. The number of nitrogens with one attached hydrogen (secondary N) is 1. The molecule has 0 spiro atoms. The summed E-state index contributed by atoms with van der Waals surface area (Å²) in [5.74, 6) is -0.166. The summed E-state index contributed by atoms with van der Waals surface area (Å²) < 4.78 is 14.5. The fraction of sp³-hybridized carbons (Fsp3) is 0.0769. The minimum Gasteiger partial charge on any atom is -0.381 e. The van der Waals surface area contributed by atoms with Crippen LogP contribution in [-0.4, -0.2) is 0 Å². The Morgan fingerprint density at radius 2 is 1.88 bits per heavy atom. The summed E-state index contributed by atoms with van der Waals surface area (Å²) in [7, 11) is 0. The molecule has 2 rings (SSSR count). The Morgan fingerprint density at radius 3 is 2.62 bits per heavy atom. The van der Waals surface area contributed by atoms with E-state index in [0.717, 1.165) is 9.26 Å². The molecule has 0 atom stereocenters. The first-order chi connectivity index (χ1) is 7.75. The highest BCUT2D eigenvalue weighted by atomic mass is 127. The van der Waals surface area contributed by atoms with Gasteiger partial charge in [0.05, 0.1) is 0 Å². The summed E-state index contributed by atoms with van der Waals surface area (Å²) >= 11 is 2.25. The number of benzene rings is 2. The van der Waals surface area contributed by atoms with Crippen LogP contribution in [-0.2, 0) is 6.54 Å². The van der Waals surface area contributed by atoms with Gasteiger partial charge in [-0.1, -0.05) is 24.3 Å². The third-order valence-electron chi connectivity index (χ3n) is 2.27. The van der Waals surface area contributed by atoms with Gasteiger partial charge >= 0.3 is 0 Å². The van der Waals surface area contributed by atoms with Crippen LogP contribution in [0.4, 0.5) is 10.1 Å². The maximum Gasteiger partial charge on any atom is 0.128 e. The molecule has 3 heteroatoms. The molecule has 0 saturated carbocycles. The van der Waals surface area contributed by atoms with Gasteiger partial charge in [0, 0.05) is 21.4 Å². The first-order valence-electron chi connectivity index (χ1n) is 4.98. The predicted molar refractivity (Wildman–Crippen MR) is 72.9 cm³/mol. The van der Waals surface area contributed by atoms with Gasteiger partial charge in [0.1, 0.15) is 5.82 Å². The van der Waals surface area contributed by atoms with Crippen molar-refractivity contribution >= 4 is 28.3 Å². The number of halogens is 2. The van der Waals surface area contributed by atoms with Gasteiger partial charge in [0.25, 0.3) is 0 Å². The monoisotopic (exact) mass is 327 g/mol. The molecule has 0 heterocycles. The van der Waals surface area contributed by atoms with Crippen LogP contribution < -0.4 is 5.32 Å². The average molecular weight is 327 g/mol. The maximum absolute atomic E-state index is 13.3. The molecule has 82 valence electrons. The third-order valence-corrected chi connectivity index (χ3v) is 2.94. The summed E-state index contributed by atoms with van der Waals surface area (Å²) in [6.07, 6.45) is 0. The number of anilines is 1. The van der Waals surface area contributed by atoms with Crippen molar-refractivity contribution in [2.75, 3.05) is 5.32 Å². The molecule has 2 aromatic carbocycles. The van der Waals surface area contributed by atoms with E-state index in [1.54, 1.807) is 12.1 Å². The van der Waals surface area contributed by atoms with E-state index in [2.05, 4.69) is 27.9 Å². The SMILES string of the molecule is Fc1ccccc1CNc1cccc(I)c1. The third kappa shape index (κ3) is 2.95. The van der Waals surface area contributed by atoms with Crippen LogP contribution in [0.25, 0.3) is 0 Å². The van der Waals surface area contributed by atoms with Crippen molar-refractivity contribution in [3.05, 3.63) is 63.5 Å². The minimum atomic E-state index is -0.166. The Kier molecular flexibility index (Phi) is 3.77. The predicted octanol–water partition coefficient (Wildman–Crippen LogP) is 4.04. The van der Waals surface area contributed by atoms with Gasteiger partial charge in [0.15, 0.2) is 0 Å². The molecule has 1 N–H and O–H groups in total. The van der Waals surface area contributed by atoms with Crippen LogP contribution in [0.5, 0.6) is 0 Å². The van der Waals surface area contributed by atoms with Crippen molar-refractivity contribution in [3.63, 3.8) is 0 Å². The van der Waals surface area contributed by atoms with E-state index in [9.17, 15) is 4.39 Å². The lowest BCUT2D eigenvalue weighted by molar-refractivity contribution is 0.613. The molecule has 0 fully saturated rings. The Hall–Kier alpha value is -1.10. The lowest BCUT2D eigenvalue weighted by Crippen LogP contribution is -2.01. The van der Waals surface area contributed by atoms with E-state index in [1.165, 1.54) is 6.07 Å². The molecule has 1 nitrogen and oxygen atoms in total. The van der Waals surface area contributed by atoms with Crippen LogP contribution >= 0.6 is 22.6 Å². The van der Waals surface area contributed by atoms with E-state index in [-0.39, 0.29) is 5.82 Å². The van der Waals surface area contributed by atoms with Crippen molar-refractivity contribution in [3.8, 4) is 0 Å². The van der Waals surface area contributed by atoms with Crippen LogP contribution in [0.1, 0.15) is 5.56 Å². The topological polar surface area (TPSA) is 12.0 Å². The van der Waals surface area contributed by atoms with Gasteiger partial charge in [0.2, 0.25) is 0 Å². The highest BCUT2D eigenvalue weighted by molar-refractivity contribution is 14.1. The highest BCUT2D eigenvalue weighted by Gasteiger charge is 2.00. The lowest BCUT2D eigenvalue weighted by Gasteiger charge is -2.07. The molecular formula is C13H11FIN. The van der Waals surface area contributed by atoms with E-state index >= 15 is 0 Å². The maximum atomic E-state index is 13.3. The molecule has 0 saturated heterocycles. The summed E-state index contributed by atoms with van der Waals surface area (Å²) in [6.45, 7) is 0.507. The second-order valence-corrected chi connectivity index (χ2v) is 4.70. The van der Waals surface area contributed by atoms with E-state index in [1.807, 2.05) is 30.3 Å². The normalized spacial score (nSPS) is 10.1. The van der Waals surface area contributed by atoms with Crippen LogP contribution in [0.15, 0.2) is 48.5 Å². The summed E-state index contributed by atoms with van der Waals surface area (Å²) in [5, 5.41) is 3.20. The molecule has 0 aromatic heterocycles. The van der Waals surface area contributed by atoms with Gasteiger partial charge in [-0.3, -0.25) is 0 Å². The Labute approximate surface area is 108 Å².